The van der Waals surface area contributed by atoms with E-state index in [0.717, 1.165) is 6.42 Å². The molecule has 210 valence electrons. The number of primary amides is 1. The molecule has 0 radical (unpaired) electrons. The van der Waals surface area contributed by atoms with E-state index in [2.05, 4.69) is 15.0 Å². The third kappa shape index (κ3) is 6.41. The molecule has 5 rings (SSSR count). The normalized spacial score (nSPS) is 17.9. The van der Waals surface area contributed by atoms with E-state index in [1.165, 1.54) is 0 Å². The molecule has 0 spiro atoms. The van der Waals surface area contributed by atoms with Gasteiger partial charge in [-0.2, -0.15) is 0 Å². The highest BCUT2D eigenvalue weighted by molar-refractivity contribution is 7.89. The predicted octanol–water partition coefficient (Wildman–Crippen LogP) is 2.34. The maximum absolute atomic E-state index is 12.8. The van der Waals surface area contributed by atoms with Crippen LogP contribution < -0.4 is 20.7 Å². The molecule has 4 N–H and O–H groups in total. The number of hydrogen-bond donors (Lipinski definition) is 3. The van der Waals surface area contributed by atoms with Crippen LogP contribution in [-0.4, -0.2) is 75.6 Å². The second kappa shape index (κ2) is 12.0. The number of nitrogens with two attached hydrogens (primary N) is 1. The lowest BCUT2D eigenvalue weighted by Gasteiger charge is -2.34. The van der Waals surface area contributed by atoms with Crippen molar-refractivity contribution in [1.29, 1.82) is 0 Å². The fraction of sp³-hybridized carbons (Fsp3) is 0.321. The molecule has 0 aliphatic carbocycles. The number of carbonyl (C=O) groups excluding carboxylic acids is 2. The third-order valence-electron chi connectivity index (χ3n) is 6.96. The van der Waals surface area contributed by atoms with Crippen molar-refractivity contribution in [2.45, 2.75) is 23.8 Å². The maximum atomic E-state index is 12.8. The first-order valence-electron chi connectivity index (χ1n) is 13.2. The Morgan fingerprint density at radius 2 is 1.68 bits per heavy atom. The van der Waals surface area contributed by atoms with Crippen molar-refractivity contribution in [3.63, 3.8) is 0 Å². The lowest BCUT2D eigenvalue weighted by Crippen LogP contribution is -2.48. The largest absolute Gasteiger partial charge is 0.378 e. The highest BCUT2D eigenvalue weighted by atomic mass is 32.2. The molecule has 1 atom stereocenters. The first kappa shape index (κ1) is 27.6. The Morgan fingerprint density at radius 1 is 0.950 bits per heavy atom. The number of piperidine rings is 1. The summed E-state index contributed by atoms with van der Waals surface area (Å²) < 4.78 is 33.8. The van der Waals surface area contributed by atoms with Gasteiger partial charge >= 0.3 is 0 Å². The first-order chi connectivity index (χ1) is 19.3. The molecule has 40 heavy (non-hydrogen) atoms. The topological polar surface area (TPSA) is 147 Å². The van der Waals surface area contributed by atoms with Crippen molar-refractivity contribution in [3.8, 4) is 0 Å². The van der Waals surface area contributed by atoms with Crippen molar-refractivity contribution in [1.82, 2.24) is 14.6 Å². The van der Waals surface area contributed by atoms with E-state index in [-0.39, 0.29) is 28.2 Å². The number of nitrogens with one attached hydrogen (secondary N) is 2. The highest BCUT2D eigenvalue weighted by Crippen LogP contribution is 2.26. The van der Waals surface area contributed by atoms with Gasteiger partial charge in [0.2, 0.25) is 10.0 Å². The monoisotopic (exact) mass is 564 g/mol. The summed E-state index contributed by atoms with van der Waals surface area (Å²) in [6, 6.07) is 18.3. The van der Waals surface area contributed by atoms with Crippen LogP contribution in [0.25, 0.3) is 0 Å². The van der Waals surface area contributed by atoms with Crippen LogP contribution in [0.1, 0.15) is 33.6 Å². The molecule has 2 saturated heterocycles. The summed E-state index contributed by atoms with van der Waals surface area (Å²) in [6.07, 6.45) is 1.46. The van der Waals surface area contributed by atoms with E-state index >= 15 is 0 Å². The molecule has 2 fully saturated rings. The Balaban J connectivity index is 1.30. The summed E-state index contributed by atoms with van der Waals surface area (Å²) in [4.78, 5) is 33.6. The molecule has 0 unspecified atom stereocenters. The quantitative estimate of drug-likeness (QED) is 0.378. The molecule has 2 aromatic carbocycles. The van der Waals surface area contributed by atoms with Crippen LogP contribution in [0.4, 0.5) is 17.3 Å². The molecule has 2 aliphatic heterocycles. The molecule has 2 amide bonds. The van der Waals surface area contributed by atoms with Crippen LogP contribution in [0.3, 0.4) is 0 Å². The average Bonchev–Trinajstić information content (AvgIpc) is 2.98. The van der Waals surface area contributed by atoms with Crippen LogP contribution >= 0.6 is 0 Å². The fourth-order valence-corrected chi connectivity index (χ4v) is 6.15. The van der Waals surface area contributed by atoms with E-state index < -0.39 is 15.9 Å². The summed E-state index contributed by atoms with van der Waals surface area (Å²) in [6.45, 7) is 3.28. The summed E-state index contributed by atoms with van der Waals surface area (Å²) in [5.74, 6) is 0.183. The standard InChI is InChI=1S/C28H32N6O5S/c29-26(35)24-12-13-25(34-14-4-5-22(19-34)32-40(37,38)23-6-2-1-3-7-23)31-27(24)30-21-10-8-20(9-11-21)28(36)33-15-17-39-18-16-33/h1-3,6-13,22,32H,4-5,14-19H2,(H2,29,35)(H,30,31)/t22-/m1/s1. The molecule has 0 saturated carbocycles. The van der Waals surface area contributed by atoms with Gasteiger partial charge in [0.1, 0.15) is 11.6 Å². The minimum atomic E-state index is -3.65. The van der Waals surface area contributed by atoms with E-state index in [0.29, 0.717) is 62.9 Å². The minimum absolute atomic E-state index is 0.0599. The van der Waals surface area contributed by atoms with Gasteiger partial charge in [-0.1, -0.05) is 18.2 Å². The molecule has 0 bridgehead atoms. The molecular formula is C28H32N6O5S. The molecule has 2 aliphatic rings. The van der Waals surface area contributed by atoms with Crippen molar-refractivity contribution in [2.24, 2.45) is 5.73 Å². The average molecular weight is 565 g/mol. The fourth-order valence-electron chi connectivity index (χ4n) is 4.87. The zero-order valence-electron chi connectivity index (χ0n) is 22.0. The number of anilines is 3. The Labute approximate surface area is 233 Å². The molecule has 12 heteroatoms. The summed E-state index contributed by atoms with van der Waals surface area (Å²) in [5, 5.41) is 3.15. The molecule has 3 aromatic rings. The second-order valence-corrected chi connectivity index (χ2v) is 11.5. The van der Waals surface area contributed by atoms with Crippen LogP contribution in [0.5, 0.6) is 0 Å². The van der Waals surface area contributed by atoms with Crippen LogP contribution in [0, 0.1) is 0 Å². The Morgan fingerprint density at radius 3 is 2.38 bits per heavy atom. The maximum Gasteiger partial charge on any atom is 0.254 e. The smallest absolute Gasteiger partial charge is 0.254 e. The van der Waals surface area contributed by atoms with Gasteiger partial charge in [0, 0.05) is 43.5 Å². The number of amides is 2. The Hall–Kier alpha value is -4.00. The summed E-state index contributed by atoms with van der Waals surface area (Å²) in [7, 11) is -3.65. The van der Waals surface area contributed by atoms with Gasteiger partial charge in [-0.3, -0.25) is 9.59 Å². The molecule has 11 nitrogen and oxygen atoms in total. The van der Waals surface area contributed by atoms with Crippen molar-refractivity contribution < 1.29 is 22.7 Å². The Bertz CT molecular complexity index is 1460. The lowest BCUT2D eigenvalue weighted by molar-refractivity contribution is 0.0303. The van der Waals surface area contributed by atoms with Gasteiger partial charge in [-0.15, -0.1) is 0 Å². The lowest BCUT2D eigenvalue weighted by atomic mass is 10.1. The number of sulfonamides is 1. The van der Waals surface area contributed by atoms with Crippen molar-refractivity contribution in [3.05, 3.63) is 77.9 Å². The zero-order chi connectivity index (χ0) is 28.1. The summed E-state index contributed by atoms with van der Waals surface area (Å²) >= 11 is 0. The number of benzene rings is 2. The highest BCUT2D eigenvalue weighted by Gasteiger charge is 2.27. The van der Waals surface area contributed by atoms with Gasteiger partial charge in [0.25, 0.3) is 11.8 Å². The molecular weight excluding hydrogens is 532 g/mol. The number of rotatable bonds is 8. The van der Waals surface area contributed by atoms with Crippen molar-refractivity contribution >= 4 is 39.2 Å². The number of nitrogens with zero attached hydrogens (tertiary/aromatic N) is 3. The van der Waals surface area contributed by atoms with Gasteiger partial charge < -0.3 is 25.6 Å². The van der Waals surface area contributed by atoms with Gasteiger partial charge in [-0.25, -0.2) is 18.1 Å². The molecule has 1 aromatic heterocycles. The van der Waals surface area contributed by atoms with E-state index in [1.807, 2.05) is 4.90 Å². The van der Waals surface area contributed by atoms with Crippen LogP contribution in [-0.2, 0) is 14.8 Å². The molecule has 3 heterocycles. The van der Waals surface area contributed by atoms with Gasteiger partial charge in [0.05, 0.1) is 23.7 Å². The second-order valence-electron chi connectivity index (χ2n) is 9.76. The van der Waals surface area contributed by atoms with E-state index in [4.69, 9.17) is 10.5 Å². The number of hydrogen-bond acceptors (Lipinski definition) is 8. The predicted molar refractivity (Wildman–Crippen MR) is 151 cm³/mol. The Kier molecular flexibility index (Phi) is 8.29. The minimum Gasteiger partial charge on any atom is -0.378 e. The SMILES string of the molecule is NC(=O)c1ccc(N2CCC[C@@H](NS(=O)(=O)c3ccccc3)C2)nc1Nc1ccc(C(=O)N2CCOCC2)cc1. The van der Waals surface area contributed by atoms with E-state index in [9.17, 15) is 18.0 Å². The number of carbonyl (C=O) groups is 2. The van der Waals surface area contributed by atoms with Gasteiger partial charge in [0.15, 0.2) is 0 Å². The van der Waals surface area contributed by atoms with E-state index in [1.54, 1.807) is 71.6 Å². The number of pyridine rings is 1. The van der Waals surface area contributed by atoms with Crippen LogP contribution in [0.15, 0.2) is 71.6 Å². The first-order valence-corrected chi connectivity index (χ1v) is 14.7. The van der Waals surface area contributed by atoms with Crippen molar-refractivity contribution in [2.75, 3.05) is 49.6 Å². The number of aromatic nitrogens is 1. The van der Waals surface area contributed by atoms with Gasteiger partial charge in [-0.05, 0) is 61.4 Å². The summed E-state index contributed by atoms with van der Waals surface area (Å²) in [5.41, 5.74) is 7.03. The zero-order valence-corrected chi connectivity index (χ0v) is 22.8. The van der Waals surface area contributed by atoms with Crippen LogP contribution in [0.2, 0.25) is 0 Å². The number of ether oxygens (including phenoxy) is 1. The number of morpholine rings is 1. The third-order valence-corrected chi connectivity index (χ3v) is 8.50.